The summed E-state index contributed by atoms with van der Waals surface area (Å²) in [7, 11) is 8.87. The van der Waals surface area contributed by atoms with Crippen molar-refractivity contribution in [3.8, 4) is 5.75 Å². The number of rotatable bonds is 6. The second-order valence-corrected chi connectivity index (χ2v) is 12.1. The number of likely N-dealkylation sites (N-methyl/N-ethyl adjacent to an activating group) is 1. The zero-order valence-electron chi connectivity index (χ0n) is 24.7. The number of phenolic OH excluding ortho intramolecular Hbond substituents is 1. The van der Waals surface area contributed by atoms with E-state index in [1.807, 2.05) is 51.2 Å². The lowest BCUT2D eigenvalue weighted by molar-refractivity contribution is -0.153. The van der Waals surface area contributed by atoms with Gasteiger partial charge >= 0.3 is 0 Å². The predicted molar refractivity (Wildman–Crippen MR) is 158 cm³/mol. The summed E-state index contributed by atoms with van der Waals surface area (Å²) in [5.74, 6) is -6.60. The van der Waals surface area contributed by atoms with Gasteiger partial charge in [-0.05, 0) is 63.6 Å². The van der Waals surface area contributed by atoms with Crippen LogP contribution in [-0.4, -0.2) is 101 Å². The monoisotopic (exact) mass is 578 g/mol. The molecule has 0 unspecified atom stereocenters. The molecule has 2 aromatic rings. The summed E-state index contributed by atoms with van der Waals surface area (Å²) in [5.41, 5.74) is 4.19. The van der Waals surface area contributed by atoms with E-state index in [1.165, 1.54) is 4.90 Å². The Morgan fingerprint density at radius 3 is 2.31 bits per heavy atom. The summed E-state index contributed by atoms with van der Waals surface area (Å²) in [6, 6.07) is 4.69. The maximum Gasteiger partial charge on any atom is 0.255 e. The Labute approximate surface area is 244 Å². The van der Waals surface area contributed by atoms with Crippen LogP contribution in [0.4, 0.5) is 5.69 Å². The zero-order valence-corrected chi connectivity index (χ0v) is 24.7. The number of nitrogens with zero attached hydrogens (tertiary/aromatic N) is 3. The molecule has 5 rings (SSSR count). The Bertz CT molecular complexity index is 1610. The number of phenols is 1. The minimum Gasteiger partial charge on any atom is -0.508 e. The highest BCUT2D eigenvalue weighted by Gasteiger charge is 2.64. The molecule has 0 radical (unpaired) electrons. The number of aliphatic hydroxyl groups is 3. The number of anilines is 1. The largest absolute Gasteiger partial charge is 0.508 e. The summed E-state index contributed by atoms with van der Waals surface area (Å²) >= 11 is 0. The Kier molecular flexibility index (Phi) is 7.11. The first-order valence-electron chi connectivity index (χ1n) is 14.0. The fourth-order valence-electron chi connectivity index (χ4n) is 7.17. The molecule has 42 heavy (non-hydrogen) atoms. The predicted octanol–water partition coefficient (Wildman–Crippen LogP) is 1.63. The van der Waals surface area contributed by atoms with Gasteiger partial charge in [-0.25, -0.2) is 0 Å². The first-order chi connectivity index (χ1) is 19.7. The summed E-state index contributed by atoms with van der Waals surface area (Å²) < 4.78 is 0. The molecule has 11 heteroatoms. The molecule has 0 bridgehead atoms. The van der Waals surface area contributed by atoms with E-state index in [-0.39, 0.29) is 29.7 Å². The number of Topliss-reactive ketones (excluding diaryl/α,β-unsaturated/α-hetero) is 2. The molecule has 0 heterocycles. The highest BCUT2D eigenvalue weighted by molar-refractivity contribution is 6.24. The SMILES string of the molecule is CCN(C)Cc1ccc2c(N(C)C)c3c(c(O)c2c1)C(O)=C1C(=O)[C@]2(O)C(O)=C(C(N)=O)C(=O)[C@@H](N(C)C)[C@@H]2C[C@@H]1C3. The molecule has 1 amide bonds. The standard InChI is InChI=1S/C31H38N4O7/c1-7-35(6)13-14-8-9-16-17(10-14)25(36)21-18(23(16)33(2)3)11-15-12-19-24(34(4)5)27(38)22(30(32)41)29(40)31(19,42)28(39)20(15)26(21)37/h8-10,15,19,24,36-37,40,42H,7,11-13H2,1-6H3,(H2,32,41)/t15-,19-,24-,31-/m0/s1. The number of hydrogen-bond acceptors (Lipinski definition) is 10. The Balaban J connectivity index is 1.77. The summed E-state index contributed by atoms with van der Waals surface area (Å²) in [6.07, 6.45) is 0.269. The average molecular weight is 579 g/mol. The van der Waals surface area contributed by atoms with Gasteiger partial charge in [0.15, 0.2) is 11.4 Å². The van der Waals surface area contributed by atoms with E-state index < -0.39 is 58.0 Å². The van der Waals surface area contributed by atoms with Crippen molar-refractivity contribution < 1.29 is 34.8 Å². The van der Waals surface area contributed by atoms with Gasteiger partial charge in [-0.15, -0.1) is 0 Å². The number of carbonyl (C=O) groups is 3. The van der Waals surface area contributed by atoms with Crippen LogP contribution in [0.5, 0.6) is 5.75 Å². The molecular formula is C31H38N4O7. The van der Waals surface area contributed by atoms with Crippen molar-refractivity contribution in [1.82, 2.24) is 9.80 Å². The molecule has 6 N–H and O–H groups in total. The van der Waals surface area contributed by atoms with E-state index in [9.17, 15) is 34.8 Å². The van der Waals surface area contributed by atoms with Gasteiger partial charge in [-0.3, -0.25) is 19.3 Å². The van der Waals surface area contributed by atoms with Gasteiger partial charge in [0, 0.05) is 48.6 Å². The summed E-state index contributed by atoms with van der Waals surface area (Å²) in [6.45, 7) is 3.51. The molecule has 2 aromatic carbocycles. The van der Waals surface area contributed by atoms with Crippen LogP contribution in [0.1, 0.15) is 30.0 Å². The van der Waals surface area contributed by atoms with Crippen molar-refractivity contribution in [2.24, 2.45) is 17.6 Å². The lowest BCUT2D eigenvalue weighted by Gasteiger charge is -2.50. The summed E-state index contributed by atoms with van der Waals surface area (Å²) in [4.78, 5) is 45.2. The smallest absolute Gasteiger partial charge is 0.255 e. The number of fused-ring (bicyclic) bond motifs is 4. The van der Waals surface area contributed by atoms with Crippen LogP contribution in [0.3, 0.4) is 0 Å². The second kappa shape index (κ2) is 10.1. The maximum absolute atomic E-state index is 14.1. The Morgan fingerprint density at radius 1 is 1.07 bits per heavy atom. The molecule has 11 nitrogen and oxygen atoms in total. The average Bonchev–Trinajstić information content (AvgIpc) is 2.90. The topological polar surface area (TPSA) is 168 Å². The minimum atomic E-state index is -2.67. The molecule has 1 saturated carbocycles. The van der Waals surface area contributed by atoms with Crippen molar-refractivity contribution in [3.63, 3.8) is 0 Å². The third kappa shape index (κ3) is 4.02. The van der Waals surface area contributed by atoms with Crippen LogP contribution < -0.4 is 10.6 Å². The van der Waals surface area contributed by atoms with Crippen LogP contribution in [0.15, 0.2) is 35.1 Å². The number of benzene rings is 2. The van der Waals surface area contributed by atoms with Crippen LogP contribution in [0.2, 0.25) is 0 Å². The normalized spacial score (nSPS) is 25.7. The highest BCUT2D eigenvalue weighted by atomic mass is 16.3. The number of ketones is 2. The van der Waals surface area contributed by atoms with Crippen LogP contribution in [0, 0.1) is 11.8 Å². The van der Waals surface area contributed by atoms with E-state index in [1.54, 1.807) is 14.1 Å². The number of hydrogen-bond donors (Lipinski definition) is 5. The number of aromatic hydroxyl groups is 1. The van der Waals surface area contributed by atoms with Gasteiger partial charge in [0.1, 0.15) is 22.8 Å². The van der Waals surface area contributed by atoms with Crippen molar-refractivity contribution in [2.75, 3.05) is 46.7 Å². The lowest BCUT2D eigenvalue weighted by atomic mass is 9.57. The second-order valence-electron chi connectivity index (χ2n) is 12.1. The number of nitrogens with two attached hydrogens (primary N) is 1. The van der Waals surface area contributed by atoms with E-state index in [2.05, 4.69) is 4.90 Å². The van der Waals surface area contributed by atoms with E-state index in [0.717, 1.165) is 23.2 Å². The fraction of sp³-hybridized carbons (Fsp3) is 0.452. The molecule has 224 valence electrons. The van der Waals surface area contributed by atoms with E-state index >= 15 is 0 Å². The minimum absolute atomic E-state index is 0.0414. The fourth-order valence-corrected chi connectivity index (χ4v) is 7.17. The van der Waals surface area contributed by atoms with Gasteiger partial charge in [0.2, 0.25) is 5.78 Å². The van der Waals surface area contributed by atoms with Gasteiger partial charge in [0.25, 0.3) is 5.91 Å². The van der Waals surface area contributed by atoms with Crippen molar-refractivity contribution in [2.45, 2.75) is 38.0 Å². The van der Waals surface area contributed by atoms with Crippen LogP contribution >= 0.6 is 0 Å². The molecule has 0 aliphatic heterocycles. The van der Waals surface area contributed by atoms with Crippen molar-refractivity contribution >= 4 is 39.7 Å². The number of primary amides is 1. The number of aliphatic hydroxyl groups excluding tert-OH is 2. The van der Waals surface area contributed by atoms with Gasteiger partial charge in [-0.1, -0.05) is 19.1 Å². The molecule has 3 aliphatic carbocycles. The number of amides is 1. The molecular weight excluding hydrogens is 540 g/mol. The van der Waals surface area contributed by atoms with Crippen molar-refractivity contribution in [1.29, 1.82) is 0 Å². The van der Waals surface area contributed by atoms with Gasteiger partial charge in [-0.2, -0.15) is 0 Å². The van der Waals surface area contributed by atoms with E-state index in [4.69, 9.17) is 5.73 Å². The summed E-state index contributed by atoms with van der Waals surface area (Å²) in [5, 5.41) is 47.5. The Hall–Kier alpha value is -3.93. The Morgan fingerprint density at radius 2 is 1.74 bits per heavy atom. The molecule has 0 spiro atoms. The van der Waals surface area contributed by atoms with Crippen LogP contribution in [0.25, 0.3) is 16.5 Å². The molecule has 4 atom stereocenters. The zero-order chi connectivity index (χ0) is 31.0. The maximum atomic E-state index is 14.1. The van der Waals surface area contributed by atoms with E-state index in [0.29, 0.717) is 17.5 Å². The van der Waals surface area contributed by atoms with Crippen LogP contribution in [-0.2, 0) is 27.3 Å². The van der Waals surface area contributed by atoms with Crippen molar-refractivity contribution in [3.05, 3.63) is 51.8 Å². The van der Waals surface area contributed by atoms with Gasteiger partial charge < -0.3 is 36.0 Å². The first-order valence-corrected chi connectivity index (χ1v) is 14.0. The molecule has 0 saturated heterocycles. The third-order valence-electron chi connectivity index (χ3n) is 9.17. The first kappa shape index (κ1) is 29.6. The third-order valence-corrected chi connectivity index (χ3v) is 9.17. The molecule has 1 fully saturated rings. The van der Waals surface area contributed by atoms with Gasteiger partial charge in [0.05, 0.1) is 11.6 Å². The number of carbonyl (C=O) groups excluding carboxylic acids is 3. The lowest BCUT2D eigenvalue weighted by Crippen LogP contribution is -2.65. The quantitative estimate of drug-likeness (QED) is 0.318. The molecule has 3 aliphatic rings. The molecule has 0 aromatic heterocycles. The highest BCUT2D eigenvalue weighted by Crippen LogP contribution is 2.55.